The molecule has 3 aromatic rings. The van der Waals surface area contributed by atoms with E-state index in [1.807, 2.05) is 30.3 Å². The highest BCUT2D eigenvalue weighted by molar-refractivity contribution is 5.89. The first-order valence-electron chi connectivity index (χ1n) is 13.6. The zero-order chi connectivity index (χ0) is 30.3. The zero-order valence-electron chi connectivity index (χ0n) is 23.2. The Morgan fingerprint density at radius 1 is 0.762 bits per heavy atom. The molecule has 10 heteroatoms. The fourth-order valence-corrected chi connectivity index (χ4v) is 4.55. The Bertz CT molecular complexity index is 1200. The highest BCUT2D eigenvalue weighted by Gasteiger charge is 2.21. The van der Waals surface area contributed by atoms with Gasteiger partial charge in [-0.15, -0.1) is 0 Å². The minimum Gasteiger partial charge on any atom is -0.478 e. The van der Waals surface area contributed by atoms with Gasteiger partial charge >= 0.3 is 11.9 Å². The first-order chi connectivity index (χ1) is 20.2. The van der Waals surface area contributed by atoms with Gasteiger partial charge in [-0.3, -0.25) is 9.80 Å². The van der Waals surface area contributed by atoms with Gasteiger partial charge in [0.05, 0.1) is 12.7 Å². The molecule has 1 heterocycles. The van der Waals surface area contributed by atoms with E-state index >= 15 is 0 Å². The largest absolute Gasteiger partial charge is 0.478 e. The Morgan fingerprint density at radius 3 is 1.71 bits per heavy atom. The lowest BCUT2D eigenvalue weighted by Gasteiger charge is -2.35. The molecule has 4 rings (SSSR count). The molecule has 1 aliphatic heterocycles. The van der Waals surface area contributed by atoms with E-state index in [1.165, 1.54) is 24.3 Å². The summed E-state index contributed by atoms with van der Waals surface area (Å²) in [4.78, 5) is 23.8. The molecule has 1 aliphatic rings. The van der Waals surface area contributed by atoms with Crippen LogP contribution in [0, 0.1) is 11.6 Å². The number of aliphatic carboxylic acids is 2. The number of hydrogen-bond donors (Lipinski definition) is 3. The molecule has 0 spiro atoms. The highest BCUT2D eigenvalue weighted by Crippen LogP contribution is 2.26. The predicted molar refractivity (Wildman–Crippen MR) is 154 cm³/mol. The molecule has 1 unspecified atom stereocenters. The lowest BCUT2D eigenvalue weighted by atomic mass is 10.0. The number of nitrogens with zero attached hydrogens (tertiary/aromatic N) is 2. The average molecular weight is 583 g/mol. The number of aliphatic hydroxyl groups excluding tert-OH is 1. The first-order valence-corrected chi connectivity index (χ1v) is 13.6. The van der Waals surface area contributed by atoms with Crippen LogP contribution in [0.3, 0.4) is 0 Å². The minimum absolute atomic E-state index is 0.298. The summed E-state index contributed by atoms with van der Waals surface area (Å²) in [6, 6.07) is 22.6. The maximum atomic E-state index is 13.4. The minimum atomic E-state index is -1.26. The van der Waals surface area contributed by atoms with E-state index in [-0.39, 0.29) is 23.8 Å². The fraction of sp³-hybridized carbons (Fsp3) is 0.312. The third kappa shape index (κ3) is 11.9. The lowest BCUT2D eigenvalue weighted by molar-refractivity contribution is -0.134. The number of piperazine rings is 1. The summed E-state index contributed by atoms with van der Waals surface area (Å²) in [6.45, 7) is 5.61. The van der Waals surface area contributed by atoms with Crippen LogP contribution < -0.4 is 0 Å². The average Bonchev–Trinajstić information content (AvgIpc) is 2.97. The van der Waals surface area contributed by atoms with E-state index in [4.69, 9.17) is 14.9 Å². The van der Waals surface area contributed by atoms with Gasteiger partial charge in [0.15, 0.2) is 0 Å². The van der Waals surface area contributed by atoms with Crippen molar-refractivity contribution in [2.24, 2.45) is 0 Å². The van der Waals surface area contributed by atoms with Gasteiger partial charge in [0.2, 0.25) is 0 Å². The van der Waals surface area contributed by atoms with Crippen LogP contribution >= 0.6 is 0 Å². The Balaban J connectivity index is 0.000000531. The van der Waals surface area contributed by atoms with Crippen molar-refractivity contribution in [3.8, 4) is 0 Å². The summed E-state index contributed by atoms with van der Waals surface area (Å²) < 4.78 is 33.0. The van der Waals surface area contributed by atoms with Crippen molar-refractivity contribution in [3.63, 3.8) is 0 Å². The molecule has 0 aromatic heterocycles. The quantitative estimate of drug-likeness (QED) is 0.275. The van der Waals surface area contributed by atoms with E-state index in [9.17, 15) is 23.5 Å². The Morgan fingerprint density at radius 2 is 1.24 bits per heavy atom. The third-order valence-corrected chi connectivity index (χ3v) is 6.65. The molecular weight excluding hydrogens is 546 g/mol. The SMILES string of the molecule is O=C(O)/C=C/C(=O)O.OC(Cc1ccccc1)CN1CCN(CCOC(c2ccc(F)cc2)c2ccc(F)cc2)CC1. The van der Waals surface area contributed by atoms with Gasteiger partial charge in [-0.05, 0) is 47.4 Å². The van der Waals surface area contributed by atoms with Crippen molar-refractivity contribution in [1.82, 2.24) is 9.80 Å². The van der Waals surface area contributed by atoms with Gasteiger partial charge in [-0.25, -0.2) is 18.4 Å². The number of carboxylic acids is 2. The number of carboxylic acid groups (broad SMARTS) is 2. The molecule has 1 fully saturated rings. The van der Waals surface area contributed by atoms with Crippen molar-refractivity contribution in [2.75, 3.05) is 45.9 Å². The smallest absolute Gasteiger partial charge is 0.328 e. The van der Waals surface area contributed by atoms with Crippen molar-refractivity contribution in [2.45, 2.75) is 18.6 Å². The maximum absolute atomic E-state index is 13.4. The summed E-state index contributed by atoms with van der Waals surface area (Å²) in [5.41, 5.74) is 2.83. The number of halogens is 2. The van der Waals surface area contributed by atoms with Gasteiger partial charge in [-0.1, -0.05) is 54.6 Å². The summed E-state index contributed by atoms with van der Waals surface area (Å²) in [7, 11) is 0. The first kappa shape index (κ1) is 32.6. The highest BCUT2D eigenvalue weighted by atomic mass is 19.1. The monoisotopic (exact) mass is 582 g/mol. The van der Waals surface area contributed by atoms with Crippen LogP contribution in [0.4, 0.5) is 8.78 Å². The van der Waals surface area contributed by atoms with Crippen LogP contribution in [0.5, 0.6) is 0 Å². The van der Waals surface area contributed by atoms with Gasteiger partial charge in [0, 0.05) is 51.4 Å². The van der Waals surface area contributed by atoms with E-state index < -0.39 is 11.9 Å². The van der Waals surface area contributed by atoms with Crippen LogP contribution in [-0.4, -0.2) is 89.0 Å². The molecule has 42 heavy (non-hydrogen) atoms. The second-order valence-electron chi connectivity index (χ2n) is 9.85. The Hall–Kier alpha value is -3.96. The molecule has 0 bridgehead atoms. The van der Waals surface area contributed by atoms with Gasteiger partial charge in [0.25, 0.3) is 0 Å². The van der Waals surface area contributed by atoms with Gasteiger partial charge in [0.1, 0.15) is 17.7 Å². The lowest BCUT2D eigenvalue weighted by Crippen LogP contribution is -2.49. The van der Waals surface area contributed by atoms with Gasteiger partial charge in [-0.2, -0.15) is 0 Å². The molecule has 8 nitrogen and oxygen atoms in total. The molecule has 0 radical (unpaired) electrons. The number of carbonyl (C=O) groups is 2. The number of β-amino-alcohol motifs (C(OH)–C–C–N with tert-alkyl or cyclic N) is 1. The van der Waals surface area contributed by atoms with E-state index in [2.05, 4.69) is 9.80 Å². The second kappa shape index (κ2) is 17.1. The van der Waals surface area contributed by atoms with E-state index in [1.54, 1.807) is 24.3 Å². The summed E-state index contributed by atoms with van der Waals surface area (Å²) in [6.07, 6.45) is 1.04. The van der Waals surface area contributed by atoms with E-state index in [0.717, 1.165) is 49.4 Å². The second-order valence-corrected chi connectivity index (χ2v) is 9.85. The predicted octanol–water partition coefficient (Wildman–Crippen LogP) is 4.00. The number of aliphatic hydroxyl groups is 1. The number of hydrogen-bond acceptors (Lipinski definition) is 6. The van der Waals surface area contributed by atoms with Crippen molar-refractivity contribution >= 4 is 11.9 Å². The normalized spacial score (nSPS) is 14.9. The standard InChI is InChI=1S/C28H32F2N2O2.C4H4O4/c29-25-10-6-23(7-11-25)28(24-8-12-26(30)13-9-24)34-19-18-31-14-16-32(17-15-31)21-27(33)20-22-4-2-1-3-5-22;5-3(6)1-2-4(7)8/h1-13,27-28,33H,14-21H2;1-2H,(H,5,6)(H,7,8)/b;2-1+. The molecule has 3 aromatic carbocycles. The Labute approximate surface area is 244 Å². The van der Waals surface area contributed by atoms with Crippen LogP contribution in [0.25, 0.3) is 0 Å². The van der Waals surface area contributed by atoms with Crippen LogP contribution in [0.1, 0.15) is 22.8 Å². The van der Waals surface area contributed by atoms with Crippen LogP contribution in [0.15, 0.2) is 91.0 Å². The van der Waals surface area contributed by atoms with E-state index in [0.29, 0.717) is 31.7 Å². The maximum Gasteiger partial charge on any atom is 0.328 e. The number of rotatable bonds is 12. The van der Waals surface area contributed by atoms with Crippen molar-refractivity contribution in [1.29, 1.82) is 0 Å². The molecule has 3 N–H and O–H groups in total. The molecule has 1 atom stereocenters. The number of benzene rings is 3. The Kier molecular flexibility index (Phi) is 13.3. The van der Waals surface area contributed by atoms with Crippen LogP contribution in [0.2, 0.25) is 0 Å². The molecule has 0 amide bonds. The van der Waals surface area contributed by atoms with Crippen LogP contribution in [-0.2, 0) is 20.7 Å². The zero-order valence-corrected chi connectivity index (χ0v) is 23.2. The molecule has 0 aliphatic carbocycles. The van der Waals surface area contributed by atoms with Crippen molar-refractivity contribution in [3.05, 3.63) is 119 Å². The number of ether oxygens (including phenoxy) is 1. The van der Waals surface area contributed by atoms with Gasteiger partial charge < -0.3 is 20.1 Å². The molecular formula is C32H36F2N2O6. The fourth-order valence-electron chi connectivity index (χ4n) is 4.55. The molecule has 224 valence electrons. The topological polar surface area (TPSA) is 111 Å². The summed E-state index contributed by atoms with van der Waals surface area (Å²) in [5.74, 6) is -3.11. The summed E-state index contributed by atoms with van der Waals surface area (Å²) >= 11 is 0. The molecule has 0 saturated carbocycles. The van der Waals surface area contributed by atoms with Crippen molar-refractivity contribution < 1.29 is 38.4 Å². The molecule has 1 saturated heterocycles. The summed E-state index contributed by atoms with van der Waals surface area (Å²) in [5, 5.41) is 26.1. The third-order valence-electron chi connectivity index (χ3n) is 6.65.